The molecule has 3 rings (SSSR count). The predicted octanol–water partition coefficient (Wildman–Crippen LogP) is 4.00. The Bertz CT molecular complexity index is 560. The first-order valence-corrected chi connectivity index (χ1v) is 6.97. The molecule has 1 aliphatic rings. The number of halogens is 1. The van der Waals surface area contributed by atoms with Gasteiger partial charge in [-0.1, -0.05) is 0 Å². The molecule has 0 radical (unpaired) electrons. The van der Waals surface area contributed by atoms with Gasteiger partial charge in [-0.15, -0.1) is 11.3 Å². The molecule has 0 spiro atoms. The molecule has 0 N–H and O–H groups in total. The standard InChI is InChI=1S/C15H13FOS/c16-12-7-5-10(6-8-12)15(17)14-9-11-3-1-2-4-13(11)18-14/h5-9H,1-4H2. The summed E-state index contributed by atoms with van der Waals surface area (Å²) in [6, 6.07) is 7.79. The van der Waals surface area contributed by atoms with Crippen LogP contribution in [0.4, 0.5) is 4.39 Å². The average molecular weight is 260 g/mol. The van der Waals surface area contributed by atoms with Crippen molar-refractivity contribution in [3.05, 3.63) is 57.0 Å². The van der Waals surface area contributed by atoms with Crippen LogP contribution in [0.3, 0.4) is 0 Å². The lowest BCUT2D eigenvalue weighted by Gasteiger charge is -2.08. The van der Waals surface area contributed by atoms with Crippen LogP contribution in [0.2, 0.25) is 0 Å². The van der Waals surface area contributed by atoms with Crippen molar-refractivity contribution in [1.82, 2.24) is 0 Å². The van der Waals surface area contributed by atoms with Gasteiger partial charge in [0.15, 0.2) is 0 Å². The fraction of sp³-hybridized carbons (Fsp3) is 0.267. The highest BCUT2D eigenvalue weighted by molar-refractivity contribution is 7.14. The van der Waals surface area contributed by atoms with Gasteiger partial charge in [-0.3, -0.25) is 4.79 Å². The summed E-state index contributed by atoms with van der Waals surface area (Å²) in [6.45, 7) is 0. The monoisotopic (exact) mass is 260 g/mol. The third-order valence-electron chi connectivity index (χ3n) is 3.33. The molecule has 0 amide bonds. The number of hydrogen-bond acceptors (Lipinski definition) is 2. The molecule has 1 heterocycles. The molecule has 3 heteroatoms. The van der Waals surface area contributed by atoms with E-state index in [1.165, 1.54) is 35.4 Å². The van der Waals surface area contributed by atoms with E-state index in [4.69, 9.17) is 0 Å². The summed E-state index contributed by atoms with van der Waals surface area (Å²) < 4.78 is 12.8. The van der Waals surface area contributed by atoms with Crippen molar-refractivity contribution in [2.45, 2.75) is 25.7 Å². The molecule has 0 unspecified atom stereocenters. The maximum Gasteiger partial charge on any atom is 0.202 e. The first kappa shape index (κ1) is 11.6. The van der Waals surface area contributed by atoms with Crippen LogP contribution in [0.25, 0.3) is 0 Å². The van der Waals surface area contributed by atoms with Gasteiger partial charge in [0.2, 0.25) is 5.78 Å². The van der Waals surface area contributed by atoms with Crippen molar-refractivity contribution < 1.29 is 9.18 Å². The molecule has 0 saturated carbocycles. The maximum atomic E-state index is 12.8. The Morgan fingerprint density at radius 2 is 1.83 bits per heavy atom. The largest absolute Gasteiger partial charge is 0.288 e. The molecular formula is C15H13FOS. The van der Waals surface area contributed by atoms with Crippen molar-refractivity contribution in [3.8, 4) is 0 Å². The maximum absolute atomic E-state index is 12.8. The van der Waals surface area contributed by atoms with Crippen LogP contribution in [-0.4, -0.2) is 5.78 Å². The van der Waals surface area contributed by atoms with Crippen molar-refractivity contribution in [3.63, 3.8) is 0 Å². The van der Waals surface area contributed by atoms with E-state index in [1.807, 2.05) is 6.07 Å². The number of carbonyl (C=O) groups is 1. The summed E-state index contributed by atoms with van der Waals surface area (Å²) in [4.78, 5) is 14.4. The van der Waals surface area contributed by atoms with Gasteiger partial charge in [0.25, 0.3) is 0 Å². The molecule has 1 nitrogen and oxygen atoms in total. The van der Waals surface area contributed by atoms with E-state index in [0.29, 0.717) is 5.56 Å². The van der Waals surface area contributed by atoms with Gasteiger partial charge in [-0.05, 0) is 61.6 Å². The molecule has 0 fully saturated rings. The molecule has 0 saturated heterocycles. The van der Waals surface area contributed by atoms with E-state index < -0.39 is 0 Å². The van der Waals surface area contributed by atoms with Crippen LogP contribution < -0.4 is 0 Å². The van der Waals surface area contributed by atoms with Crippen LogP contribution in [0.1, 0.15) is 38.5 Å². The minimum Gasteiger partial charge on any atom is -0.288 e. The molecule has 0 atom stereocenters. The number of thiophene rings is 1. The van der Waals surface area contributed by atoms with Gasteiger partial charge < -0.3 is 0 Å². The SMILES string of the molecule is O=C(c1ccc(F)cc1)c1cc2c(s1)CCCC2. The summed E-state index contributed by atoms with van der Waals surface area (Å²) in [5, 5.41) is 0. The molecule has 0 bridgehead atoms. The van der Waals surface area contributed by atoms with Crippen molar-refractivity contribution >= 4 is 17.1 Å². The Morgan fingerprint density at radius 3 is 2.56 bits per heavy atom. The van der Waals surface area contributed by atoms with E-state index >= 15 is 0 Å². The summed E-state index contributed by atoms with van der Waals surface area (Å²) >= 11 is 1.60. The predicted molar refractivity (Wildman–Crippen MR) is 70.8 cm³/mol. The van der Waals surface area contributed by atoms with E-state index in [-0.39, 0.29) is 11.6 Å². The van der Waals surface area contributed by atoms with Crippen LogP contribution in [0.15, 0.2) is 30.3 Å². The quantitative estimate of drug-likeness (QED) is 0.746. The van der Waals surface area contributed by atoms with Crippen molar-refractivity contribution in [2.24, 2.45) is 0 Å². The third-order valence-corrected chi connectivity index (χ3v) is 4.56. The number of rotatable bonds is 2. The normalized spacial score (nSPS) is 14.3. The van der Waals surface area contributed by atoms with Gasteiger partial charge in [0.05, 0.1) is 4.88 Å². The number of fused-ring (bicyclic) bond motifs is 1. The lowest BCUT2D eigenvalue weighted by atomic mass is 9.98. The van der Waals surface area contributed by atoms with Crippen LogP contribution in [0.5, 0.6) is 0 Å². The Morgan fingerprint density at radius 1 is 1.11 bits per heavy atom. The zero-order chi connectivity index (χ0) is 12.5. The second kappa shape index (κ2) is 4.65. The second-order valence-corrected chi connectivity index (χ2v) is 5.74. The molecule has 1 aromatic heterocycles. The minimum absolute atomic E-state index is 0.00870. The Labute approximate surface area is 109 Å². The fourth-order valence-electron chi connectivity index (χ4n) is 2.35. The Balaban J connectivity index is 1.92. The lowest BCUT2D eigenvalue weighted by Crippen LogP contribution is -1.98. The molecular weight excluding hydrogens is 247 g/mol. The summed E-state index contributed by atoms with van der Waals surface area (Å²) in [5.41, 5.74) is 1.90. The van der Waals surface area contributed by atoms with Gasteiger partial charge in [0.1, 0.15) is 5.82 Å². The number of aryl methyl sites for hydroxylation is 2. The highest BCUT2D eigenvalue weighted by atomic mass is 32.1. The van der Waals surface area contributed by atoms with Crippen LogP contribution >= 0.6 is 11.3 Å². The fourth-order valence-corrected chi connectivity index (χ4v) is 3.56. The first-order chi connectivity index (χ1) is 8.74. The van der Waals surface area contributed by atoms with Crippen molar-refractivity contribution in [2.75, 3.05) is 0 Å². The minimum atomic E-state index is -0.308. The lowest BCUT2D eigenvalue weighted by molar-refractivity contribution is 0.104. The van der Waals surface area contributed by atoms with Gasteiger partial charge in [-0.25, -0.2) is 4.39 Å². The average Bonchev–Trinajstić information content (AvgIpc) is 2.82. The molecule has 18 heavy (non-hydrogen) atoms. The number of carbonyl (C=O) groups excluding carboxylic acids is 1. The number of benzene rings is 1. The van der Waals surface area contributed by atoms with Crippen LogP contribution in [0, 0.1) is 5.82 Å². The molecule has 0 aliphatic heterocycles. The molecule has 92 valence electrons. The van der Waals surface area contributed by atoms with Gasteiger partial charge in [-0.2, -0.15) is 0 Å². The number of ketones is 1. The first-order valence-electron chi connectivity index (χ1n) is 6.16. The molecule has 1 aromatic carbocycles. The third kappa shape index (κ3) is 2.10. The van der Waals surface area contributed by atoms with Crippen LogP contribution in [-0.2, 0) is 12.8 Å². The summed E-state index contributed by atoms with van der Waals surface area (Å²) in [7, 11) is 0. The zero-order valence-electron chi connectivity index (χ0n) is 9.91. The van der Waals surface area contributed by atoms with E-state index in [0.717, 1.165) is 17.7 Å². The highest BCUT2D eigenvalue weighted by Gasteiger charge is 2.18. The smallest absolute Gasteiger partial charge is 0.202 e. The number of hydrogen-bond donors (Lipinski definition) is 0. The van der Waals surface area contributed by atoms with Crippen molar-refractivity contribution in [1.29, 1.82) is 0 Å². The Hall–Kier alpha value is -1.48. The van der Waals surface area contributed by atoms with Gasteiger partial charge >= 0.3 is 0 Å². The highest BCUT2D eigenvalue weighted by Crippen LogP contribution is 2.30. The Kier molecular flexibility index (Phi) is 3.00. The second-order valence-electron chi connectivity index (χ2n) is 4.60. The van der Waals surface area contributed by atoms with E-state index in [1.54, 1.807) is 23.5 Å². The van der Waals surface area contributed by atoms with Gasteiger partial charge in [0, 0.05) is 10.4 Å². The molecule has 1 aliphatic carbocycles. The topological polar surface area (TPSA) is 17.1 Å². The van der Waals surface area contributed by atoms with E-state index in [2.05, 4.69) is 0 Å². The summed E-state index contributed by atoms with van der Waals surface area (Å²) in [6.07, 6.45) is 4.62. The summed E-state index contributed by atoms with van der Waals surface area (Å²) in [5.74, 6) is -0.300. The zero-order valence-corrected chi connectivity index (χ0v) is 10.7. The molecule has 2 aromatic rings. The van der Waals surface area contributed by atoms with E-state index in [9.17, 15) is 9.18 Å².